The zero-order valence-electron chi connectivity index (χ0n) is 13.7. The van der Waals surface area contributed by atoms with Crippen LogP contribution in [-0.2, 0) is 4.74 Å². The van der Waals surface area contributed by atoms with E-state index in [2.05, 4.69) is 10.6 Å². The lowest BCUT2D eigenvalue weighted by atomic mass is 10.1. The van der Waals surface area contributed by atoms with Gasteiger partial charge in [0, 0.05) is 25.6 Å². The molecule has 0 unspecified atom stereocenters. The van der Waals surface area contributed by atoms with Crippen LogP contribution in [0.5, 0.6) is 0 Å². The highest BCUT2D eigenvalue weighted by Gasteiger charge is 2.42. The largest absolute Gasteiger partial charge is 0.388 e. The Balaban J connectivity index is 1.50. The molecule has 0 aromatic heterocycles. The van der Waals surface area contributed by atoms with E-state index in [9.17, 15) is 27.5 Å². The van der Waals surface area contributed by atoms with E-state index in [-0.39, 0.29) is 38.3 Å². The Kier molecular flexibility index (Phi) is 5.35. The van der Waals surface area contributed by atoms with Crippen molar-refractivity contribution in [1.29, 1.82) is 0 Å². The molecular weight excluding hydrogens is 358 g/mol. The summed E-state index contributed by atoms with van der Waals surface area (Å²) >= 11 is 0. The average molecular weight is 377 g/mol. The first-order chi connectivity index (χ1) is 12.2. The maximum atomic E-state index is 13.5. The van der Waals surface area contributed by atoms with Crippen LogP contribution in [0.2, 0.25) is 0 Å². The van der Waals surface area contributed by atoms with Gasteiger partial charge in [-0.05, 0) is 12.1 Å². The van der Waals surface area contributed by atoms with Crippen molar-refractivity contribution in [2.45, 2.75) is 30.6 Å². The summed E-state index contributed by atoms with van der Waals surface area (Å²) < 4.78 is 58.2. The van der Waals surface area contributed by atoms with Crippen molar-refractivity contribution in [2.24, 2.45) is 0 Å². The molecule has 2 fully saturated rings. The van der Waals surface area contributed by atoms with E-state index in [1.54, 1.807) is 0 Å². The Hall–Kier alpha value is -1.91. The van der Waals surface area contributed by atoms with Gasteiger partial charge < -0.3 is 20.5 Å². The summed E-state index contributed by atoms with van der Waals surface area (Å²) in [4.78, 5) is 13.4. The molecule has 6 nitrogen and oxygen atoms in total. The summed E-state index contributed by atoms with van der Waals surface area (Å²) in [5.74, 6) is -4.44. The number of carbonyl (C=O) groups excluding carboxylic acids is 1. The van der Waals surface area contributed by atoms with Gasteiger partial charge in [0.25, 0.3) is 5.92 Å². The number of rotatable bonds is 4. The van der Waals surface area contributed by atoms with Gasteiger partial charge >= 0.3 is 6.03 Å². The van der Waals surface area contributed by atoms with Gasteiger partial charge in [-0.25, -0.2) is 22.4 Å². The lowest BCUT2D eigenvalue weighted by molar-refractivity contribution is -0.00727. The summed E-state index contributed by atoms with van der Waals surface area (Å²) in [6.45, 7) is -0.0530. The number of halogens is 4. The van der Waals surface area contributed by atoms with Gasteiger partial charge in [-0.2, -0.15) is 0 Å². The number of benzene rings is 1. The quantitative estimate of drug-likeness (QED) is 0.697. The summed E-state index contributed by atoms with van der Waals surface area (Å²) in [5, 5.41) is 14.9. The Morgan fingerprint density at radius 1 is 1.38 bits per heavy atom. The molecule has 0 radical (unpaired) electrons. The fourth-order valence-corrected chi connectivity index (χ4v) is 3.11. The van der Waals surface area contributed by atoms with Crippen molar-refractivity contribution < 1.29 is 32.2 Å². The molecule has 144 valence electrons. The molecule has 1 aromatic rings. The number of alkyl halides is 2. The number of nitrogens with zero attached hydrogens (tertiary/aromatic N) is 1. The Morgan fingerprint density at radius 3 is 2.81 bits per heavy atom. The first kappa shape index (κ1) is 18.9. The minimum Gasteiger partial charge on any atom is -0.388 e. The van der Waals surface area contributed by atoms with E-state index in [4.69, 9.17) is 4.74 Å². The monoisotopic (exact) mass is 377 g/mol. The van der Waals surface area contributed by atoms with Crippen molar-refractivity contribution >= 4 is 11.7 Å². The predicted octanol–water partition coefficient (Wildman–Crippen LogP) is 1.56. The Labute approximate surface area is 147 Å². The molecule has 0 aliphatic carbocycles. The molecule has 0 saturated carbocycles. The number of likely N-dealkylation sites (tertiary alicyclic amines) is 1. The smallest absolute Gasteiger partial charge is 0.319 e. The molecule has 2 heterocycles. The van der Waals surface area contributed by atoms with Crippen molar-refractivity contribution in [3.8, 4) is 0 Å². The van der Waals surface area contributed by atoms with Gasteiger partial charge in [0.1, 0.15) is 17.7 Å². The molecule has 3 N–H and O–H groups in total. The molecule has 10 heteroatoms. The van der Waals surface area contributed by atoms with E-state index in [1.807, 2.05) is 0 Å². The number of nitrogens with one attached hydrogen (secondary N) is 2. The molecule has 2 amide bonds. The fourth-order valence-electron chi connectivity index (χ4n) is 3.11. The first-order valence-corrected chi connectivity index (χ1v) is 8.16. The van der Waals surface area contributed by atoms with Crippen LogP contribution in [-0.4, -0.2) is 66.5 Å². The van der Waals surface area contributed by atoms with Crippen LogP contribution >= 0.6 is 0 Å². The summed E-state index contributed by atoms with van der Waals surface area (Å²) in [7, 11) is 0. The zero-order chi connectivity index (χ0) is 18.9. The maximum absolute atomic E-state index is 13.5. The second kappa shape index (κ2) is 7.37. The van der Waals surface area contributed by atoms with Crippen LogP contribution in [0.4, 0.5) is 28.0 Å². The van der Waals surface area contributed by atoms with Crippen LogP contribution in [0, 0.1) is 11.6 Å². The topological polar surface area (TPSA) is 73.8 Å². The molecule has 0 bridgehead atoms. The highest BCUT2D eigenvalue weighted by Crippen LogP contribution is 2.28. The molecule has 2 aliphatic rings. The molecule has 3 atom stereocenters. The summed E-state index contributed by atoms with van der Waals surface area (Å²) in [6, 6.07) is 1.13. The minimum atomic E-state index is -2.74. The number of hydrogen-bond donors (Lipinski definition) is 3. The molecule has 2 saturated heterocycles. The summed E-state index contributed by atoms with van der Waals surface area (Å²) in [5.41, 5.74) is -0.215. The van der Waals surface area contributed by atoms with Crippen LogP contribution < -0.4 is 10.6 Å². The number of urea groups is 1. The van der Waals surface area contributed by atoms with Crippen LogP contribution in [0.15, 0.2) is 18.2 Å². The third kappa shape index (κ3) is 4.43. The van der Waals surface area contributed by atoms with Gasteiger partial charge in [0.05, 0.1) is 31.0 Å². The number of carbonyl (C=O) groups is 1. The number of ether oxygens (including phenoxy) is 1. The van der Waals surface area contributed by atoms with Gasteiger partial charge in [-0.1, -0.05) is 0 Å². The van der Waals surface area contributed by atoms with Crippen LogP contribution in [0.1, 0.15) is 6.42 Å². The van der Waals surface area contributed by atoms with Crippen LogP contribution in [0.3, 0.4) is 0 Å². The highest BCUT2D eigenvalue weighted by molar-refractivity contribution is 5.89. The second-order valence-electron chi connectivity index (χ2n) is 6.53. The van der Waals surface area contributed by atoms with Crippen molar-refractivity contribution in [2.75, 3.05) is 31.6 Å². The lowest BCUT2D eigenvalue weighted by Crippen LogP contribution is -2.48. The molecule has 0 spiro atoms. The molecule has 3 rings (SSSR count). The zero-order valence-corrected chi connectivity index (χ0v) is 13.7. The number of amides is 2. The molecule has 2 aliphatic heterocycles. The lowest BCUT2D eigenvalue weighted by Gasteiger charge is -2.23. The number of aliphatic hydroxyl groups is 1. The predicted molar refractivity (Wildman–Crippen MR) is 84.1 cm³/mol. The average Bonchev–Trinajstić information content (AvgIpc) is 3.06. The third-order valence-corrected chi connectivity index (χ3v) is 4.47. The van der Waals surface area contributed by atoms with Crippen molar-refractivity contribution in [1.82, 2.24) is 10.2 Å². The van der Waals surface area contributed by atoms with E-state index in [0.29, 0.717) is 6.07 Å². The minimum absolute atomic E-state index is 0.00458. The van der Waals surface area contributed by atoms with Crippen molar-refractivity contribution in [3.63, 3.8) is 0 Å². The van der Waals surface area contributed by atoms with Crippen molar-refractivity contribution in [3.05, 3.63) is 29.8 Å². The van der Waals surface area contributed by atoms with E-state index in [1.165, 1.54) is 4.90 Å². The number of hydrogen-bond acceptors (Lipinski definition) is 4. The van der Waals surface area contributed by atoms with Gasteiger partial charge in [0.2, 0.25) is 0 Å². The van der Waals surface area contributed by atoms with E-state index < -0.39 is 41.8 Å². The molecular formula is C16H19F4N3O3. The number of aliphatic hydroxyl groups excluding tert-OH is 1. The first-order valence-electron chi connectivity index (χ1n) is 8.16. The van der Waals surface area contributed by atoms with Crippen LogP contribution in [0.25, 0.3) is 0 Å². The van der Waals surface area contributed by atoms with E-state index >= 15 is 0 Å². The Bertz CT molecular complexity index is 676. The SMILES string of the molecule is O=C(Nc1ccc(F)cc1F)N[C@H]1CO[C@@H](CN2CCC(F)(F)C2)[C@@H]1O. The third-order valence-electron chi connectivity index (χ3n) is 4.47. The maximum Gasteiger partial charge on any atom is 0.319 e. The second-order valence-corrected chi connectivity index (χ2v) is 6.53. The highest BCUT2D eigenvalue weighted by atomic mass is 19.3. The number of anilines is 1. The molecule has 26 heavy (non-hydrogen) atoms. The Morgan fingerprint density at radius 2 is 2.15 bits per heavy atom. The molecule has 1 aromatic carbocycles. The van der Waals surface area contributed by atoms with E-state index in [0.717, 1.165) is 12.1 Å². The summed E-state index contributed by atoms with van der Waals surface area (Å²) in [6.07, 6.45) is -2.03. The standard InChI is InChI=1S/C16H19F4N3O3/c17-9-1-2-11(10(18)5-9)21-15(25)22-12-7-26-13(14(12)24)6-23-4-3-16(19,20)8-23/h1-2,5,12-14,24H,3-4,6-8H2,(H2,21,22,25)/t12-,13-,14+/m0/s1. The normalized spacial score (nSPS) is 28.3. The van der Waals surface area contributed by atoms with Gasteiger partial charge in [-0.3, -0.25) is 4.90 Å². The van der Waals surface area contributed by atoms with Gasteiger partial charge in [-0.15, -0.1) is 0 Å². The fraction of sp³-hybridized carbons (Fsp3) is 0.562. The van der Waals surface area contributed by atoms with Gasteiger partial charge in [0.15, 0.2) is 0 Å².